The Labute approximate surface area is 114 Å². The molecule has 94 valence electrons. The lowest BCUT2D eigenvalue weighted by Crippen LogP contribution is -1.87. The normalized spacial score (nSPS) is 10.8. The van der Waals surface area contributed by atoms with E-state index in [2.05, 4.69) is 0 Å². The van der Waals surface area contributed by atoms with Crippen molar-refractivity contribution in [3.05, 3.63) is 65.4 Å². The molecule has 0 spiro atoms. The Morgan fingerprint density at radius 2 is 1.58 bits per heavy atom. The molecule has 0 aliphatic heterocycles. The zero-order valence-electron chi connectivity index (χ0n) is 9.90. The van der Waals surface area contributed by atoms with E-state index in [1.165, 1.54) is 6.07 Å². The lowest BCUT2D eigenvalue weighted by atomic mass is 9.99. The Hall–Kier alpha value is -2.06. The van der Waals surface area contributed by atoms with Gasteiger partial charge in [-0.3, -0.25) is 0 Å². The number of fused-ring (bicyclic) bond motifs is 1. The predicted molar refractivity (Wildman–Crippen MR) is 76.0 cm³/mol. The molecule has 1 nitrogen and oxygen atoms in total. The first-order valence-corrected chi connectivity index (χ1v) is 6.21. The van der Waals surface area contributed by atoms with Gasteiger partial charge >= 0.3 is 0 Å². The van der Waals surface area contributed by atoms with Crippen molar-refractivity contribution in [2.75, 3.05) is 0 Å². The highest BCUT2D eigenvalue weighted by atomic mass is 35.5. The lowest BCUT2D eigenvalue weighted by Gasteiger charge is -2.10. The van der Waals surface area contributed by atoms with Gasteiger partial charge in [-0.25, -0.2) is 4.39 Å². The number of halogens is 2. The Kier molecular flexibility index (Phi) is 2.88. The minimum atomic E-state index is -0.446. The second-order valence-corrected chi connectivity index (χ2v) is 4.72. The van der Waals surface area contributed by atoms with Crippen molar-refractivity contribution >= 4 is 22.4 Å². The standard InChI is InChI=1S/C16H10ClFO/c17-13-6-3-7-14(18)16(13)12-8-10-4-1-2-5-11(10)9-15(12)19/h1-9,19H. The third kappa shape index (κ3) is 2.04. The number of hydrogen-bond acceptors (Lipinski definition) is 1. The van der Waals surface area contributed by atoms with Gasteiger partial charge in [-0.15, -0.1) is 0 Å². The van der Waals surface area contributed by atoms with Crippen LogP contribution in [-0.4, -0.2) is 5.11 Å². The SMILES string of the molecule is Oc1cc2ccccc2cc1-c1c(F)cccc1Cl. The van der Waals surface area contributed by atoms with Crippen molar-refractivity contribution in [3.63, 3.8) is 0 Å². The number of rotatable bonds is 1. The van der Waals surface area contributed by atoms with Crippen LogP contribution in [0.25, 0.3) is 21.9 Å². The van der Waals surface area contributed by atoms with Crippen molar-refractivity contribution in [1.29, 1.82) is 0 Å². The van der Waals surface area contributed by atoms with Crippen LogP contribution >= 0.6 is 11.6 Å². The first kappa shape index (κ1) is 12.0. The van der Waals surface area contributed by atoms with Gasteiger partial charge in [0.15, 0.2) is 0 Å². The molecule has 0 aliphatic rings. The van der Waals surface area contributed by atoms with Gasteiger partial charge < -0.3 is 5.11 Å². The minimum absolute atomic E-state index is 0.0192. The van der Waals surface area contributed by atoms with Gasteiger partial charge in [0.25, 0.3) is 0 Å². The van der Waals surface area contributed by atoms with Crippen LogP contribution < -0.4 is 0 Å². The Morgan fingerprint density at radius 1 is 0.895 bits per heavy atom. The molecule has 0 aliphatic carbocycles. The minimum Gasteiger partial charge on any atom is -0.507 e. The molecule has 0 fully saturated rings. The number of phenolic OH excluding ortho intramolecular Hbond substituents is 1. The van der Waals surface area contributed by atoms with Crippen LogP contribution in [0.15, 0.2) is 54.6 Å². The maximum Gasteiger partial charge on any atom is 0.132 e. The summed E-state index contributed by atoms with van der Waals surface area (Å²) in [5, 5.41) is 12.2. The second-order valence-electron chi connectivity index (χ2n) is 4.31. The predicted octanol–water partition coefficient (Wildman–Crippen LogP) is 5.00. The van der Waals surface area contributed by atoms with Crippen LogP contribution in [0.4, 0.5) is 4.39 Å². The summed E-state index contributed by atoms with van der Waals surface area (Å²) < 4.78 is 13.9. The van der Waals surface area contributed by atoms with E-state index < -0.39 is 5.82 Å². The van der Waals surface area contributed by atoms with Gasteiger partial charge in [0.05, 0.1) is 5.02 Å². The summed E-state index contributed by atoms with van der Waals surface area (Å²) in [6.07, 6.45) is 0. The molecule has 0 amide bonds. The summed E-state index contributed by atoms with van der Waals surface area (Å²) in [4.78, 5) is 0. The fourth-order valence-electron chi connectivity index (χ4n) is 2.18. The highest BCUT2D eigenvalue weighted by molar-refractivity contribution is 6.33. The van der Waals surface area contributed by atoms with Gasteiger partial charge in [0, 0.05) is 11.1 Å². The lowest BCUT2D eigenvalue weighted by molar-refractivity contribution is 0.477. The average Bonchev–Trinajstić information content (AvgIpc) is 2.39. The molecule has 0 saturated carbocycles. The fraction of sp³-hybridized carbons (Fsp3) is 0. The van der Waals surface area contributed by atoms with Gasteiger partial charge in [-0.2, -0.15) is 0 Å². The zero-order valence-corrected chi connectivity index (χ0v) is 10.7. The summed E-state index contributed by atoms with van der Waals surface area (Å²) in [6, 6.07) is 15.4. The molecule has 19 heavy (non-hydrogen) atoms. The Bertz CT molecular complexity index is 748. The van der Waals surface area contributed by atoms with Crippen LogP contribution in [0, 0.1) is 5.82 Å². The maximum atomic E-state index is 13.9. The number of phenols is 1. The van der Waals surface area contributed by atoms with Crippen LogP contribution in [0.2, 0.25) is 5.02 Å². The third-order valence-electron chi connectivity index (χ3n) is 3.10. The van der Waals surface area contributed by atoms with E-state index >= 15 is 0 Å². The van der Waals surface area contributed by atoms with Crippen LogP contribution in [-0.2, 0) is 0 Å². The van der Waals surface area contributed by atoms with E-state index in [4.69, 9.17) is 11.6 Å². The molecule has 3 aromatic carbocycles. The van der Waals surface area contributed by atoms with E-state index in [1.54, 1.807) is 24.3 Å². The molecular weight excluding hydrogens is 263 g/mol. The van der Waals surface area contributed by atoms with Gasteiger partial charge in [-0.05, 0) is 35.0 Å². The second kappa shape index (κ2) is 4.56. The number of benzene rings is 3. The van der Waals surface area contributed by atoms with Crippen molar-refractivity contribution in [2.24, 2.45) is 0 Å². The first-order valence-electron chi connectivity index (χ1n) is 5.83. The number of aromatic hydroxyl groups is 1. The maximum absolute atomic E-state index is 13.9. The third-order valence-corrected chi connectivity index (χ3v) is 3.41. The molecule has 0 radical (unpaired) electrons. The van der Waals surface area contributed by atoms with Gasteiger partial charge in [0.1, 0.15) is 11.6 Å². The van der Waals surface area contributed by atoms with Crippen LogP contribution in [0.3, 0.4) is 0 Å². The fourth-order valence-corrected chi connectivity index (χ4v) is 2.45. The summed E-state index contributed by atoms with van der Waals surface area (Å²) in [6.45, 7) is 0. The largest absolute Gasteiger partial charge is 0.507 e. The topological polar surface area (TPSA) is 20.2 Å². The van der Waals surface area contributed by atoms with Crippen molar-refractivity contribution in [3.8, 4) is 16.9 Å². The first-order chi connectivity index (χ1) is 9.16. The van der Waals surface area contributed by atoms with Crippen LogP contribution in [0.1, 0.15) is 0 Å². The number of hydrogen-bond donors (Lipinski definition) is 1. The highest BCUT2D eigenvalue weighted by Gasteiger charge is 2.14. The summed E-state index contributed by atoms with van der Waals surface area (Å²) in [5.41, 5.74) is 0.634. The molecule has 3 aromatic rings. The summed E-state index contributed by atoms with van der Waals surface area (Å²) in [5.74, 6) is -0.427. The monoisotopic (exact) mass is 272 g/mol. The molecule has 0 aromatic heterocycles. The van der Waals surface area contributed by atoms with E-state index in [-0.39, 0.29) is 16.3 Å². The molecule has 3 heteroatoms. The van der Waals surface area contributed by atoms with E-state index in [0.717, 1.165) is 10.8 Å². The van der Waals surface area contributed by atoms with Crippen LogP contribution in [0.5, 0.6) is 5.75 Å². The average molecular weight is 273 g/mol. The van der Waals surface area contributed by atoms with E-state index in [0.29, 0.717) is 5.56 Å². The molecular formula is C16H10ClFO. The van der Waals surface area contributed by atoms with E-state index in [9.17, 15) is 9.50 Å². The smallest absolute Gasteiger partial charge is 0.132 e. The molecule has 0 heterocycles. The molecule has 1 N–H and O–H groups in total. The van der Waals surface area contributed by atoms with Crippen molar-refractivity contribution < 1.29 is 9.50 Å². The highest BCUT2D eigenvalue weighted by Crippen LogP contribution is 2.38. The zero-order chi connectivity index (χ0) is 13.4. The molecule has 0 saturated heterocycles. The molecule has 3 rings (SSSR count). The Morgan fingerprint density at radius 3 is 2.26 bits per heavy atom. The molecule has 0 unspecified atom stereocenters. The van der Waals surface area contributed by atoms with Crippen molar-refractivity contribution in [2.45, 2.75) is 0 Å². The Balaban J connectivity index is 2.33. The van der Waals surface area contributed by atoms with E-state index in [1.807, 2.05) is 24.3 Å². The summed E-state index contributed by atoms with van der Waals surface area (Å²) >= 11 is 6.04. The van der Waals surface area contributed by atoms with Crippen molar-refractivity contribution in [1.82, 2.24) is 0 Å². The molecule has 0 bridgehead atoms. The summed E-state index contributed by atoms with van der Waals surface area (Å²) in [7, 11) is 0. The van der Waals surface area contributed by atoms with Gasteiger partial charge in [0.2, 0.25) is 0 Å². The molecule has 0 atom stereocenters. The quantitative estimate of drug-likeness (QED) is 0.660. The van der Waals surface area contributed by atoms with Gasteiger partial charge in [-0.1, -0.05) is 41.9 Å².